The van der Waals surface area contributed by atoms with Crippen LogP contribution in [0.25, 0.3) is 0 Å². The Morgan fingerprint density at radius 2 is 1.92 bits per heavy atom. The van der Waals surface area contributed by atoms with Gasteiger partial charge in [0.2, 0.25) is 0 Å². The molecule has 0 saturated carbocycles. The molecule has 0 aliphatic carbocycles. The lowest BCUT2D eigenvalue weighted by molar-refractivity contribution is -0.142. The zero-order valence-electron chi connectivity index (χ0n) is 6.40. The van der Waals surface area contributed by atoms with Gasteiger partial charge >= 0.3 is 6.18 Å². The van der Waals surface area contributed by atoms with Crippen LogP contribution in [0.15, 0.2) is 12.1 Å². The molecule has 1 heterocycles. The highest BCUT2D eigenvalue weighted by Gasteiger charge is 2.35. The van der Waals surface area contributed by atoms with E-state index < -0.39 is 24.1 Å². The van der Waals surface area contributed by atoms with Crippen molar-refractivity contribution in [2.75, 3.05) is 5.73 Å². The van der Waals surface area contributed by atoms with Gasteiger partial charge in [0.15, 0.2) is 5.69 Å². The Morgan fingerprint density at radius 3 is 2.38 bits per heavy atom. The fourth-order valence-electron chi connectivity index (χ4n) is 0.856. The van der Waals surface area contributed by atoms with Gasteiger partial charge in [-0.3, -0.25) is 0 Å². The van der Waals surface area contributed by atoms with Gasteiger partial charge in [0.1, 0.15) is 12.5 Å². The first kappa shape index (κ1) is 9.76. The molecular weight excluding hydrogens is 188 g/mol. The summed E-state index contributed by atoms with van der Waals surface area (Å²) in [5.74, 6) is -0.274. The average molecular weight is 194 g/mol. The van der Waals surface area contributed by atoms with Crippen LogP contribution in [0, 0.1) is 0 Å². The third-order valence-electron chi connectivity index (χ3n) is 1.41. The zero-order valence-corrected chi connectivity index (χ0v) is 6.40. The first-order valence-corrected chi connectivity index (χ1v) is 3.33. The van der Waals surface area contributed by atoms with E-state index in [1.807, 2.05) is 0 Å². The van der Waals surface area contributed by atoms with Crippen LogP contribution in [0.3, 0.4) is 0 Å². The number of hydrogen-bond donors (Lipinski definition) is 1. The summed E-state index contributed by atoms with van der Waals surface area (Å²) >= 11 is 0. The molecule has 13 heavy (non-hydrogen) atoms. The van der Waals surface area contributed by atoms with Crippen LogP contribution in [0.4, 0.5) is 23.4 Å². The predicted molar refractivity (Wildman–Crippen MR) is 38.5 cm³/mol. The van der Waals surface area contributed by atoms with Crippen LogP contribution in [-0.2, 0) is 12.9 Å². The topological polar surface area (TPSA) is 38.9 Å². The van der Waals surface area contributed by atoms with Crippen LogP contribution >= 0.6 is 0 Å². The van der Waals surface area contributed by atoms with Crippen LogP contribution in [0.5, 0.6) is 0 Å². The third-order valence-corrected chi connectivity index (χ3v) is 1.41. The summed E-state index contributed by atoms with van der Waals surface area (Å²) in [5, 5.41) is 0. The van der Waals surface area contributed by atoms with Gasteiger partial charge in [0, 0.05) is 5.56 Å². The molecule has 1 aromatic rings. The number of rotatable bonds is 1. The molecule has 0 aliphatic heterocycles. The Kier molecular flexibility index (Phi) is 2.40. The summed E-state index contributed by atoms with van der Waals surface area (Å²) < 4.78 is 48.5. The van der Waals surface area contributed by atoms with E-state index in [1.54, 1.807) is 0 Å². The number of nitrogen functional groups attached to an aromatic ring is 1. The molecule has 72 valence electrons. The zero-order chi connectivity index (χ0) is 10.1. The number of anilines is 1. The van der Waals surface area contributed by atoms with Gasteiger partial charge in [-0.25, -0.2) is 9.37 Å². The lowest BCUT2D eigenvalue weighted by Crippen LogP contribution is -2.12. The molecule has 0 fully saturated rings. The summed E-state index contributed by atoms with van der Waals surface area (Å²) in [5.41, 5.74) is 3.29. The minimum absolute atomic E-state index is 0.274. The molecule has 0 aliphatic rings. The summed E-state index contributed by atoms with van der Waals surface area (Å²) in [7, 11) is 0. The van der Waals surface area contributed by atoms with Crippen molar-refractivity contribution < 1.29 is 17.6 Å². The lowest BCUT2D eigenvalue weighted by Gasteiger charge is -2.09. The Morgan fingerprint density at radius 1 is 1.31 bits per heavy atom. The smallest absolute Gasteiger partial charge is 0.384 e. The van der Waals surface area contributed by atoms with Crippen molar-refractivity contribution in [3.05, 3.63) is 23.4 Å². The molecule has 0 atom stereocenters. The number of halogens is 4. The second kappa shape index (κ2) is 3.20. The molecule has 0 aromatic carbocycles. The molecule has 0 amide bonds. The van der Waals surface area contributed by atoms with Crippen molar-refractivity contribution >= 4 is 5.82 Å². The second-order valence-electron chi connectivity index (χ2n) is 2.38. The number of hydrogen-bond acceptors (Lipinski definition) is 2. The minimum Gasteiger partial charge on any atom is -0.384 e. The number of pyridine rings is 1. The number of nitrogens with two attached hydrogens (primary N) is 1. The minimum atomic E-state index is -4.66. The Hall–Kier alpha value is -1.33. The highest BCUT2D eigenvalue weighted by Crippen LogP contribution is 2.31. The van der Waals surface area contributed by atoms with Crippen molar-refractivity contribution in [3.8, 4) is 0 Å². The maximum atomic E-state index is 12.1. The van der Waals surface area contributed by atoms with Crippen molar-refractivity contribution in [2.45, 2.75) is 12.9 Å². The van der Waals surface area contributed by atoms with Crippen molar-refractivity contribution in [2.24, 2.45) is 0 Å². The van der Waals surface area contributed by atoms with Crippen molar-refractivity contribution in [3.63, 3.8) is 0 Å². The lowest BCUT2D eigenvalue weighted by atomic mass is 10.2. The second-order valence-corrected chi connectivity index (χ2v) is 2.38. The van der Waals surface area contributed by atoms with Gasteiger partial charge in [0.25, 0.3) is 0 Å². The summed E-state index contributed by atoms with van der Waals surface area (Å²) in [4.78, 5) is 3.03. The van der Waals surface area contributed by atoms with Crippen LogP contribution in [0.1, 0.15) is 11.3 Å². The molecule has 1 rings (SSSR count). The SMILES string of the molecule is Nc1ccc(CF)c(C(F)(F)F)n1. The predicted octanol–water partition coefficient (Wildman–Crippen LogP) is 2.15. The van der Waals surface area contributed by atoms with E-state index in [1.165, 1.54) is 0 Å². The average Bonchev–Trinajstić information content (AvgIpc) is 2.03. The van der Waals surface area contributed by atoms with Crippen LogP contribution < -0.4 is 5.73 Å². The highest BCUT2D eigenvalue weighted by molar-refractivity contribution is 5.35. The van der Waals surface area contributed by atoms with E-state index in [-0.39, 0.29) is 5.82 Å². The van der Waals surface area contributed by atoms with E-state index in [9.17, 15) is 17.6 Å². The summed E-state index contributed by atoms with van der Waals surface area (Å²) in [6, 6.07) is 2.11. The highest BCUT2D eigenvalue weighted by atomic mass is 19.4. The maximum Gasteiger partial charge on any atom is 0.433 e. The first-order valence-electron chi connectivity index (χ1n) is 3.33. The summed E-state index contributed by atoms with van der Waals surface area (Å²) in [6.45, 7) is -1.21. The Labute approximate surface area is 71.4 Å². The van der Waals surface area contributed by atoms with Gasteiger partial charge in [-0.15, -0.1) is 0 Å². The van der Waals surface area contributed by atoms with Gasteiger partial charge < -0.3 is 5.73 Å². The molecule has 6 heteroatoms. The molecule has 0 bridgehead atoms. The molecule has 0 radical (unpaired) electrons. The fourth-order valence-corrected chi connectivity index (χ4v) is 0.856. The van der Waals surface area contributed by atoms with Crippen LogP contribution in [0.2, 0.25) is 0 Å². The van der Waals surface area contributed by atoms with Crippen LogP contribution in [-0.4, -0.2) is 4.98 Å². The van der Waals surface area contributed by atoms with E-state index in [0.717, 1.165) is 12.1 Å². The Balaban J connectivity index is 3.24. The molecule has 2 N–H and O–H groups in total. The summed E-state index contributed by atoms with van der Waals surface area (Å²) in [6.07, 6.45) is -4.66. The molecule has 0 unspecified atom stereocenters. The normalized spacial score (nSPS) is 11.7. The van der Waals surface area contributed by atoms with E-state index >= 15 is 0 Å². The molecule has 1 aromatic heterocycles. The first-order chi connectivity index (χ1) is 5.95. The fraction of sp³-hybridized carbons (Fsp3) is 0.286. The van der Waals surface area contributed by atoms with Crippen molar-refractivity contribution in [1.29, 1.82) is 0 Å². The van der Waals surface area contributed by atoms with Crippen molar-refractivity contribution in [1.82, 2.24) is 4.98 Å². The number of alkyl halides is 4. The van der Waals surface area contributed by atoms with E-state index in [4.69, 9.17) is 5.73 Å². The largest absolute Gasteiger partial charge is 0.433 e. The molecule has 0 saturated heterocycles. The van der Waals surface area contributed by atoms with Gasteiger partial charge in [0.05, 0.1) is 0 Å². The quantitative estimate of drug-likeness (QED) is 0.695. The molecule has 2 nitrogen and oxygen atoms in total. The van der Waals surface area contributed by atoms with Gasteiger partial charge in [-0.2, -0.15) is 13.2 Å². The maximum absolute atomic E-state index is 12.1. The number of aromatic nitrogens is 1. The van der Waals surface area contributed by atoms with Gasteiger partial charge in [-0.05, 0) is 6.07 Å². The standard InChI is InChI=1S/C7H6F4N2/c8-3-4-1-2-5(12)13-6(4)7(9,10)11/h1-2H,3H2,(H2,12,13). The van der Waals surface area contributed by atoms with E-state index in [0.29, 0.717) is 0 Å². The monoisotopic (exact) mass is 194 g/mol. The van der Waals surface area contributed by atoms with E-state index in [2.05, 4.69) is 4.98 Å². The molecule has 0 spiro atoms. The number of nitrogens with zero attached hydrogens (tertiary/aromatic N) is 1. The molecular formula is C7H6F4N2. The third kappa shape index (κ3) is 2.07. The Bertz CT molecular complexity index is 308. The van der Waals surface area contributed by atoms with Gasteiger partial charge in [-0.1, -0.05) is 6.07 Å².